The second kappa shape index (κ2) is 15.7. The van der Waals surface area contributed by atoms with Crippen molar-refractivity contribution in [3.63, 3.8) is 0 Å². The largest absolute Gasteiger partial charge is 0.449 e. The molecule has 0 spiro atoms. The Morgan fingerprint density at radius 2 is 1.83 bits per heavy atom. The number of nitrogens with one attached hydrogen (secondary N) is 7. The van der Waals surface area contributed by atoms with Gasteiger partial charge in [0, 0.05) is 30.1 Å². The Hall–Kier alpha value is -1.64. The van der Waals surface area contributed by atoms with Crippen LogP contribution < -0.4 is 37.6 Å². The predicted molar refractivity (Wildman–Crippen MR) is 156 cm³/mol. The molecule has 2 aliphatic carbocycles. The fourth-order valence-electron chi connectivity index (χ4n) is 6.84. The van der Waals surface area contributed by atoms with E-state index in [2.05, 4.69) is 37.6 Å². The zero-order valence-electron chi connectivity index (χ0n) is 24.1. The Labute approximate surface area is 247 Å². The van der Waals surface area contributed by atoms with Crippen LogP contribution in [0.15, 0.2) is 0 Å². The van der Waals surface area contributed by atoms with E-state index in [1.165, 1.54) is 25.7 Å². The van der Waals surface area contributed by atoms with E-state index in [1.54, 1.807) is 11.8 Å². The number of hydrogen-bond acceptors (Lipinski definition) is 10. The van der Waals surface area contributed by atoms with Gasteiger partial charge in [0.1, 0.15) is 6.23 Å². The summed E-state index contributed by atoms with van der Waals surface area (Å²) in [6.45, 7) is 1.90. The van der Waals surface area contributed by atoms with Gasteiger partial charge in [0.15, 0.2) is 0 Å². The molecule has 7 N–H and O–H groups in total. The number of thioether (sulfide) groups is 1. The molecule has 0 aromatic heterocycles. The second-order valence-electron chi connectivity index (χ2n) is 12.2. The zero-order chi connectivity index (χ0) is 28.4. The maximum absolute atomic E-state index is 12.4. The van der Waals surface area contributed by atoms with Gasteiger partial charge in [-0.25, -0.2) is 10.2 Å². The molecule has 2 saturated carbocycles. The van der Waals surface area contributed by atoms with Gasteiger partial charge in [0.05, 0.1) is 24.3 Å². The lowest BCUT2D eigenvalue weighted by Gasteiger charge is -2.41. The number of amides is 3. The first-order valence-corrected chi connectivity index (χ1v) is 16.8. The number of carbonyl (C=O) groups excluding carboxylic acids is 3. The lowest BCUT2D eigenvalue weighted by Crippen LogP contribution is -2.64. The first-order valence-electron chi connectivity index (χ1n) is 15.9. The average molecular weight is 596 g/mol. The number of carbonyl (C=O) groups is 3. The Morgan fingerprint density at radius 1 is 1.00 bits per heavy atom. The predicted octanol–water partition coefficient (Wildman–Crippen LogP) is 1.93. The molecule has 41 heavy (non-hydrogen) atoms. The molecule has 3 amide bonds. The molecule has 5 aliphatic rings. The summed E-state index contributed by atoms with van der Waals surface area (Å²) in [4.78, 5) is 42.4. The molecule has 0 aromatic rings. The van der Waals surface area contributed by atoms with E-state index in [4.69, 9.17) is 9.57 Å². The van der Waals surface area contributed by atoms with Crippen LogP contribution in [0.5, 0.6) is 0 Å². The number of rotatable bonds is 12. The van der Waals surface area contributed by atoms with Gasteiger partial charge in [-0.05, 0) is 63.8 Å². The molecule has 0 bridgehead atoms. The minimum atomic E-state index is -0.311. The summed E-state index contributed by atoms with van der Waals surface area (Å²) in [6, 6.07) is 0. The molecule has 3 heterocycles. The lowest BCUT2D eigenvalue weighted by molar-refractivity contribution is -0.134. The highest BCUT2D eigenvalue weighted by molar-refractivity contribution is 8.00. The van der Waals surface area contributed by atoms with E-state index in [1.807, 2.05) is 0 Å². The average Bonchev–Trinajstić information content (AvgIpc) is 3.66. The Balaban J connectivity index is 0.891. The first kappa shape index (κ1) is 30.8. The van der Waals surface area contributed by atoms with Crippen molar-refractivity contribution in [3.05, 3.63) is 0 Å². The molecular weight excluding hydrogens is 546 g/mol. The molecule has 0 aromatic carbocycles. The number of hydrazine groups is 1. The molecule has 7 atom stereocenters. The summed E-state index contributed by atoms with van der Waals surface area (Å²) in [5, 5.41) is 13.3. The molecule has 5 rings (SSSR count). The zero-order valence-corrected chi connectivity index (χ0v) is 24.9. The van der Waals surface area contributed by atoms with Crippen molar-refractivity contribution >= 4 is 29.7 Å². The van der Waals surface area contributed by atoms with Crippen molar-refractivity contribution in [3.8, 4) is 0 Å². The van der Waals surface area contributed by atoms with E-state index in [-0.39, 0.29) is 53.0 Å². The second-order valence-corrected chi connectivity index (χ2v) is 13.7. The molecule has 3 aliphatic heterocycles. The molecule has 5 fully saturated rings. The van der Waals surface area contributed by atoms with Crippen molar-refractivity contribution < 1.29 is 24.0 Å². The maximum Gasteiger partial charge on any atom is 0.408 e. The minimum Gasteiger partial charge on any atom is -0.449 e. The van der Waals surface area contributed by atoms with Crippen LogP contribution in [0.3, 0.4) is 0 Å². The van der Waals surface area contributed by atoms with Gasteiger partial charge in [0.2, 0.25) is 11.8 Å². The fourth-order valence-corrected chi connectivity index (χ4v) is 8.27. The van der Waals surface area contributed by atoms with Crippen molar-refractivity contribution in [2.45, 2.75) is 119 Å². The normalized spacial score (nSPS) is 34.0. The third kappa shape index (κ3) is 9.17. The van der Waals surface area contributed by atoms with Gasteiger partial charge in [-0.15, -0.1) is 11.8 Å². The Morgan fingerprint density at radius 3 is 2.71 bits per heavy atom. The van der Waals surface area contributed by atoms with Crippen molar-refractivity contribution in [2.75, 3.05) is 19.7 Å². The lowest BCUT2D eigenvalue weighted by atomic mass is 9.76. The SMILES string of the molecule is O=C(CCC1NC(C2CCC(NC(=O)OCC3CCCCC3)S2)NO1)NCCCNC1NNC(=O)C2CCCCC12. The molecule has 3 saturated heterocycles. The van der Waals surface area contributed by atoms with Crippen LogP contribution in [0.4, 0.5) is 4.79 Å². The molecule has 13 heteroatoms. The quantitative estimate of drug-likeness (QED) is 0.167. The molecule has 0 radical (unpaired) electrons. The van der Waals surface area contributed by atoms with Crippen LogP contribution in [-0.4, -0.2) is 66.8 Å². The number of ether oxygens (including phenoxy) is 1. The van der Waals surface area contributed by atoms with Crippen LogP contribution in [0, 0.1) is 17.8 Å². The van der Waals surface area contributed by atoms with Crippen LogP contribution in [-0.2, 0) is 19.2 Å². The molecule has 12 nitrogen and oxygen atoms in total. The Kier molecular flexibility index (Phi) is 11.8. The number of fused-ring (bicyclic) bond motifs is 1. The minimum absolute atomic E-state index is 0.0143. The van der Waals surface area contributed by atoms with Gasteiger partial charge in [-0.1, -0.05) is 32.1 Å². The van der Waals surface area contributed by atoms with Crippen LogP contribution >= 0.6 is 11.8 Å². The summed E-state index contributed by atoms with van der Waals surface area (Å²) in [5.74, 6) is 1.08. The van der Waals surface area contributed by atoms with Crippen LogP contribution in [0.1, 0.15) is 89.9 Å². The third-order valence-corrected chi connectivity index (χ3v) is 10.7. The molecule has 7 unspecified atom stereocenters. The van der Waals surface area contributed by atoms with Crippen LogP contribution in [0.2, 0.25) is 0 Å². The number of alkyl carbamates (subject to hydrolysis) is 1. The summed E-state index contributed by atoms with van der Waals surface area (Å²) in [6.07, 6.45) is 13.6. The van der Waals surface area contributed by atoms with E-state index in [9.17, 15) is 14.4 Å². The van der Waals surface area contributed by atoms with Gasteiger partial charge in [0.25, 0.3) is 0 Å². The highest BCUT2D eigenvalue weighted by Crippen LogP contribution is 2.35. The first-order chi connectivity index (χ1) is 20.0. The van der Waals surface area contributed by atoms with Crippen molar-refractivity contribution in [1.29, 1.82) is 0 Å². The third-order valence-electron chi connectivity index (χ3n) is 9.19. The van der Waals surface area contributed by atoms with Crippen molar-refractivity contribution in [2.24, 2.45) is 17.8 Å². The van der Waals surface area contributed by atoms with Gasteiger partial charge in [-0.3, -0.25) is 25.2 Å². The number of hydrogen-bond donors (Lipinski definition) is 7. The number of hydroxylamine groups is 1. The van der Waals surface area contributed by atoms with Gasteiger partial charge < -0.3 is 20.7 Å². The van der Waals surface area contributed by atoms with E-state index < -0.39 is 0 Å². The van der Waals surface area contributed by atoms with Crippen molar-refractivity contribution in [1.82, 2.24) is 37.6 Å². The summed E-state index contributed by atoms with van der Waals surface area (Å²) in [7, 11) is 0. The summed E-state index contributed by atoms with van der Waals surface area (Å²) >= 11 is 1.73. The van der Waals surface area contributed by atoms with E-state index in [0.29, 0.717) is 37.8 Å². The fraction of sp³-hybridized carbons (Fsp3) is 0.893. The topological polar surface area (TPSA) is 154 Å². The summed E-state index contributed by atoms with van der Waals surface area (Å²) in [5.41, 5.74) is 9.01. The highest BCUT2D eigenvalue weighted by atomic mass is 32.2. The Bertz CT molecular complexity index is 879. The van der Waals surface area contributed by atoms with E-state index >= 15 is 0 Å². The van der Waals surface area contributed by atoms with Gasteiger partial charge in [-0.2, -0.15) is 5.48 Å². The molecular formula is C28H49N7O5S. The highest BCUT2D eigenvalue weighted by Gasteiger charge is 2.40. The monoisotopic (exact) mass is 595 g/mol. The molecule has 232 valence electrons. The maximum atomic E-state index is 12.4. The van der Waals surface area contributed by atoms with E-state index in [0.717, 1.165) is 57.9 Å². The van der Waals surface area contributed by atoms with Crippen LogP contribution in [0.25, 0.3) is 0 Å². The van der Waals surface area contributed by atoms with Gasteiger partial charge >= 0.3 is 6.09 Å². The summed E-state index contributed by atoms with van der Waals surface area (Å²) < 4.78 is 5.49. The standard InChI is InChI=1S/C28H49N7O5S/c36-22(29-15-6-16-30-25-19-9-4-5-10-20(19)27(37)34-33-25)12-13-23-31-26(35-40-23)21-11-14-24(41-21)32-28(38)39-17-18-7-2-1-3-8-18/h18-21,23-26,30-31,33,35H,1-17H2,(H,29,36)(H,32,38)(H,34,37). The smallest absolute Gasteiger partial charge is 0.408 e.